The third-order valence-electron chi connectivity index (χ3n) is 9.34. The summed E-state index contributed by atoms with van der Waals surface area (Å²) in [4.78, 5) is 10.7. The Labute approximate surface area is 454 Å². The van der Waals surface area contributed by atoms with Crippen molar-refractivity contribution in [1.82, 2.24) is 0 Å². The molecular weight excluding hydrogens is 978 g/mol. The summed E-state index contributed by atoms with van der Waals surface area (Å²) in [6.45, 7) is 0. The van der Waals surface area contributed by atoms with Crippen LogP contribution in [0.5, 0.6) is 17.2 Å². The van der Waals surface area contributed by atoms with Gasteiger partial charge in [-0.3, -0.25) is 4.79 Å². The van der Waals surface area contributed by atoms with E-state index < -0.39 is 62.4 Å². The van der Waals surface area contributed by atoms with Gasteiger partial charge >= 0.3 is 88.7 Å². The molecule has 7 rings (SSSR count). The molecule has 7 aromatic rings. The van der Waals surface area contributed by atoms with Crippen LogP contribution in [0.4, 0.5) is 45.5 Å². The Morgan fingerprint density at radius 3 is 1.74 bits per heavy atom. The Balaban J connectivity index is 0.00000336. The molecule has 7 aromatic carbocycles. The molecule has 21 nitrogen and oxygen atoms in total. The van der Waals surface area contributed by atoms with Crippen LogP contribution in [0.25, 0.3) is 21.5 Å². The van der Waals surface area contributed by atoms with Crippen LogP contribution in [0.1, 0.15) is 10.4 Å². The van der Waals surface area contributed by atoms with E-state index in [-0.39, 0.29) is 161 Å². The number of hydrogen-bond acceptors (Lipinski definition) is 20. The Morgan fingerprint density at radius 2 is 1.13 bits per heavy atom. The van der Waals surface area contributed by atoms with E-state index in [4.69, 9.17) is 15.2 Å². The summed E-state index contributed by atoms with van der Waals surface area (Å²) in [5.41, 5.74) is 5.97. The number of hydrogen-bond donors (Lipinski definition) is 3. The summed E-state index contributed by atoms with van der Waals surface area (Å²) >= 11 is 0. The quantitative estimate of drug-likeness (QED) is 0.0569. The second kappa shape index (κ2) is 22.8. The SMILES string of the molecule is COc1cc(N=Nc2ccc(N=Nc3cccc(S(=O)(=O)[O-])c3)c3ccc(S(=O)(=O)[O-])cc23)c(OC)cc1N=Nc1c(S(=O)(=O)[O-])cc2cc(NC(=O)c3cccc(N)c3)ccc2c1O.[Na+].[Na+].[Na+]. The van der Waals surface area contributed by atoms with Crippen LogP contribution in [0.3, 0.4) is 0 Å². The first kappa shape index (κ1) is 55.9. The molecule has 0 fully saturated rings. The predicted octanol–water partition coefficient (Wildman–Crippen LogP) is -0.479. The summed E-state index contributed by atoms with van der Waals surface area (Å²) in [7, 11) is -12.5. The maximum absolute atomic E-state index is 12.8. The first-order valence-electron chi connectivity index (χ1n) is 18.3. The van der Waals surface area contributed by atoms with Gasteiger partial charge in [0, 0.05) is 45.2 Å². The number of benzene rings is 7. The fourth-order valence-corrected chi connectivity index (χ4v) is 7.92. The number of ether oxygens (including phenoxy) is 2. The molecule has 332 valence electrons. The Bertz CT molecular complexity index is 3550. The summed E-state index contributed by atoms with van der Waals surface area (Å²) in [5, 5.41) is 38.9. The van der Waals surface area contributed by atoms with Crippen molar-refractivity contribution in [3.63, 3.8) is 0 Å². The summed E-state index contributed by atoms with van der Waals surface area (Å²) in [6, 6.07) is 24.9. The average molecular weight is 1010 g/mol. The molecule has 0 spiro atoms. The number of fused-ring (bicyclic) bond motifs is 2. The van der Waals surface area contributed by atoms with Crippen molar-refractivity contribution >= 4 is 103 Å². The third-order valence-corrected chi connectivity index (χ3v) is 11.9. The van der Waals surface area contributed by atoms with Gasteiger partial charge in [-0.2, -0.15) is 5.11 Å². The van der Waals surface area contributed by atoms with Crippen LogP contribution in [0.15, 0.2) is 161 Å². The second-order valence-corrected chi connectivity index (χ2v) is 17.7. The minimum Gasteiger partial charge on any atom is -0.744 e. The molecule has 0 bridgehead atoms. The van der Waals surface area contributed by atoms with Crippen LogP contribution in [0.2, 0.25) is 0 Å². The fraction of sp³-hybridized carbons (Fsp3) is 0.0488. The molecule has 4 N–H and O–H groups in total. The molecule has 0 unspecified atom stereocenters. The topological polar surface area (TPSA) is 340 Å². The molecule has 0 aliphatic rings. The molecule has 0 heterocycles. The van der Waals surface area contributed by atoms with Crippen LogP contribution >= 0.6 is 0 Å². The molecule has 0 saturated heterocycles. The van der Waals surface area contributed by atoms with Gasteiger partial charge in [0.25, 0.3) is 5.91 Å². The van der Waals surface area contributed by atoms with Gasteiger partial charge in [-0.1, -0.05) is 18.2 Å². The van der Waals surface area contributed by atoms with E-state index in [1.54, 1.807) is 12.1 Å². The van der Waals surface area contributed by atoms with Crippen molar-refractivity contribution in [2.45, 2.75) is 14.7 Å². The fourth-order valence-electron chi connectivity index (χ4n) is 6.27. The number of phenols is 1. The molecule has 0 aliphatic carbocycles. The number of nitrogen functional groups attached to an aromatic ring is 1. The van der Waals surface area contributed by atoms with Crippen molar-refractivity contribution in [2.24, 2.45) is 30.7 Å². The van der Waals surface area contributed by atoms with E-state index in [1.807, 2.05) is 0 Å². The zero-order valence-corrected chi connectivity index (χ0v) is 44.8. The van der Waals surface area contributed by atoms with Crippen molar-refractivity contribution in [1.29, 1.82) is 0 Å². The zero-order valence-electron chi connectivity index (χ0n) is 36.3. The van der Waals surface area contributed by atoms with Crippen LogP contribution in [-0.2, 0) is 30.4 Å². The number of carbonyl (C=O) groups is 1. The summed E-state index contributed by atoms with van der Waals surface area (Å²) in [6.07, 6.45) is 0. The minimum atomic E-state index is -5.30. The van der Waals surface area contributed by atoms with Gasteiger partial charge in [-0.25, -0.2) is 25.3 Å². The normalized spacial score (nSPS) is 11.9. The van der Waals surface area contributed by atoms with Crippen LogP contribution < -0.4 is 109 Å². The number of rotatable bonds is 13. The number of methoxy groups -OCH3 is 2. The van der Waals surface area contributed by atoms with Crippen LogP contribution in [0, 0.1) is 0 Å². The van der Waals surface area contributed by atoms with E-state index >= 15 is 0 Å². The van der Waals surface area contributed by atoms with E-state index in [1.165, 1.54) is 87.0 Å². The van der Waals surface area contributed by atoms with Gasteiger partial charge in [-0.05, 0) is 90.3 Å². The third kappa shape index (κ3) is 12.9. The number of nitrogens with zero attached hydrogens (tertiary/aromatic N) is 6. The predicted molar refractivity (Wildman–Crippen MR) is 231 cm³/mol. The van der Waals surface area contributed by atoms with E-state index in [0.717, 1.165) is 30.3 Å². The van der Waals surface area contributed by atoms with E-state index in [2.05, 4.69) is 36.0 Å². The number of aromatic hydroxyl groups is 1. The number of nitrogens with two attached hydrogens (primary N) is 1. The number of nitrogens with one attached hydrogen (secondary N) is 1. The minimum absolute atomic E-state index is 0. The summed E-state index contributed by atoms with van der Waals surface area (Å²) in [5.74, 6) is -1.29. The van der Waals surface area contributed by atoms with E-state index in [0.29, 0.717) is 5.69 Å². The van der Waals surface area contributed by atoms with Gasteiger partial charge in [0.05, 0.1) is 46.0 Å². The maximum Gasteiger partial charge on any atom is 1.00 e. The van der Waals surface area contributed by atoms with Gasteiger partial charge < -0.3 is 39.3 Å². The molecule has 0 saturated carbocycles. The molecule has 0 atom stereocenters. The molecule has 0 aromatic heterocycles. The smallest absolute Gasteiger partial charge is 0.744 e. The van der Waals surface area contributed by atoms with Gasteiger partial charge in [0.15, 0.2) is 5.75 Å². The average Bonchev–Trinajstić information content (AvgIpc) is 3.26. The van der Waals surface area contributed by atoms with Crippen molar-refractivity contribution in [2.75, 3.05) is 25.3 Å². The molecule has 1 amide bonds. The van der Waals surface area contributed by atoms with Gasteiger partial charge in [-0.15, -0.1) is 25.6 Å². The Kier molecular flexibility index (Phi) is 18.7. The maximum atomic E-state index is 12.8. The van der Waals surface area contributed by atoms with Gasteiger partial charge in [0.1, 0.15) is 58.9 Å². The zero-order chi connectivity index (χ0) is 46.8. The second-order valence-electron chi connectivity index (χ2n) is 13.6. The molecule has 27 heteroatoms. The molecule has 0 aliphatic heterocycles. The Morgan fingerprint density at radius 1 is 0.574 bits per heavy atom. The Hall–Kier alpha value is -4.74. The monoisotopic (exact) mass is 1010 g/mol. The first-order valence-corrected chi connectivity index (χ1v) is 22.5. The number of phenolic OH excluding ortho intramolecular Hbond substituents is 1. The molecule has 68 heavy (non-hydrogen) atoms. The standard InChI is InChI=1S/C41H32N8O13S3.3Na/c1-61-36-21-35(48-49-39-38(65(58,59)60)17-23-16-25(9-11-29(23)40(39)50)43-41(51)22-5-3-6-24(42)15-22)37(62-2)20-34(36)47-46-33-14-13-32(30-12-10-28(19-31(30)33)64(55,56)57)45-44-26-7-4-8-27(18-26)63(52,53)54;;;/h3-21,50H,42H2,1-2H3,(H,43,51)(H,52,53,54)(H,55,56,57)(H,58,59,60);;;/q;3*+1/p-3. The number of carbonyl (C=O) groups excluding carboxylic acids is 1. The van der Waals surface area contributed by atoms with Crippen molar-refractivity contribution < 1.29 is 147 Å². The number of azo groups is 3. The number of anilines is 2. The van der Waals surface area contributed by atoms with Crippen molar-refractivity contribution in [3.05, 3.63) is 121 Å². The van der Waals surface area contributed by atoms with Crippen molar-refractivity contribution in [3.8, 4) is 17.2 Å². The first-order chi connectivity index (χ1) is 30.7. The molecule has 0 radical (unpaired) electrons. The van der Waals surface area contributed by atoms with Gasteiger partial charge in [0.2, 0.25) is 0 Å². The number of amides is 1. The summed E-state index contributed by atoms with van der Waals surface area (Å²) < 4.78 is 119. The van der Waals surface area contributed by atoms with Crippen LogP contribution in [-0.4, -0.2) is 64.1 Å². The largest absolute Gasteiger partial charge is 1.00 e. The molecular formula is C41H29N8Na3O13S3. The van der Waals surface area contributed by atoms with E-state index in [9.17, 15) is 48.8 Å².